The minimum Gasteiger partial charge on any atom is -0.458 e. The van der Waals surface area contributed by atoms with Crippen LogP contribution in [0.5, 0.6) is 0 Å². The molecule has 11 nitrogen and oxygen atoms in total. The summed E-state index contributed by atoms with van der Waals surface area (Å²) in [5.74, 6) is -0.877. The van der Waals surface area contributed by atoms with Gasteiger partial charge in [0.2, 0.25) is 5.60 Å². The molecule has 2 amide bonds. The van der Waals surface area contributed by atoms with Crippen LogP contribution in [-0.2, 0) is 38.9 Å². The number of amides is 2. The molecule has 4 unspecified atom stereocenters. The zero-order valence-electron chi connectivity index (χ0n) is 28.3. The van der Waals surface area contributed by atoms with Gasteiger partial charge in [-0.15, -0.1) is 0 Å². The van der Waals surface area contributed by atoms with Gasteiger partial charge in [0, 0.05) is 43.1 Å². The zero-order chi connectivity index (χ0) is 34.3. The fourth-order valence-corrected chi connectivity index (χ4v) is 11.8. The Morgan fingerprint density at radius 3 is 2.28 bits per heavy atom. The molecule has 0 bridgehead atoms. The highest BCUT2D eigenvalue weighted by Crippen LogP contribution is 2.73. The molecule has 50 heavy (non-hydrogen) atoms. The lowest BCUT2D eigenvalue weighted by Crippen LogP contribution is -2.94. The van der Waals surface area contributed by atoms with Crippen molar-refractivity contribution in [1.82, 2.24) is 10.6 Å². The van der Waals surface area contributed by atoms with Gasteiger partial charge in [0.1, 0.15) is 23.6 Å². The Hall–Kier alpha value is -3.61. The van der Waals surface area contributed by atoms with Crippen LogP contribution in [0.1, 0.15) is 68.9 Å². The van der Waals surface area contributed by atoms with Crippen molar-refractivity contribution >= 4 is 35.7 Å². The lowest BCUT2D eigenvalue weighted by molar-refractivity contribution is -1.05. The molecule has 4 aliphatic heterocycles. The van der Waals surface area contributed by atoms with E-state index in [0.717, 1.165) is 31.4 Å². The highest BCUT2D eigenvalue weighted by Gasteiger charge is 2.86. The second-order valence-electron chi connectivity index (χ2n) is 14.8. The third-order valence-corrected chi connectivity index (χ3v) is 14.1. The summed E-state index contributed by atoms with van der Waals surface area (Å²) in [4.78, 5) is 51.2. The smallest absolute Gasteiger partial charge is 0.348 e. The van der Waals surface area contributed by atoms with Crippen LogP contribution in [-0.4, -0.2) is 96.2 Å². The summed E-state index contributed by atoms with van der Waals surface area (Å²) in [6, 6.07) is 19.8. The van der Waals surface area contributed by atoms with Crippen LogP contribution in [0.2, 0.25) is 0 Å². The third kappa shape index (κ3) is 5.49. The number of nitrogens with one attached hydrogen (secondary N) is 2. The summed E-state index contributed by atoms with van der Waals surface area (Å²) in [6.45, 7) is 1.41. The average molecular weight is 705 g/mol. The van der Waals surface area contributed by atoms with Crippen LogP contribution in [0.4, 0.5) is 4.79 Å². The van der Waals surface area contributed by atoms with E-state index in [1.165, 1.54) is 36.8 Å². The van der Waals surface area contributed by atoms with Crippen LogP contribution in [0.25, 0.3) is 0 Å². The van der Waals surface area contributed by atoms with Gasteiger partial charge < -0.3 is 34.1 Å². The molecule has 4 heterocycles. The van der Waals surface area contributed by atoms with Crippen molar-refractivity contribution in [2.24, 2.45) is 5.41 Å². The van der Waals surface area contributed by atoms with Gasteiger partial charge in [-0.3, -0.25) is 4.79 Å². The van der Waals surface area contributed by atoms with E-state index in [-0.39, 0.29) is 36.1 Å². The Kier molecular flexibility index (Phi) is 9.05. The lowest BCUT2D eigenvalue weighted by atomic mass is 9.39. The first-order valence-electron chi connectivity index (χ1n) is 18.2. The summed E-state index contributed by atoms with van der Waals surface area (Å²) in [7, 11) is 0. The number of nitrogens with zero attached hydrogens (tertiary/aromatic N) is 1. The molecular weight excluding hydrogens is 658 g/mol. The number of rotatable bonds is 14. The number of ether oxygens (including phenoxy) is 4. The summed E-state index contributed by atoms with van der Waals surface area (Å²) in [5.41, 5.74) is -0.433. The maximum absolute atomic E-state index is 14.5. The van der Waals surface area contributed by atoms with Gasteiger partial charge in [-0.1, -0.05) is 67.1 Å². The molecule has 12 heteroatoms. The molecule has 266 valence electrons. The van der Waals surface area contributed by atoms with Gasteiger partial charge >= 0.3 is 23.9 Å². The summed E-state index contributed by atoms with van der Waals surface area (Å²) in [5, 5.41) is 6.24. The highest BCUT2D eigenvalue weighted by atomic mass is 32.2. The fraction of sp³-hybridized carbons (Fsp3) is 0.579. The van der Waals surface area contributed by atoms with E-state index in [9.17, 15) is 19.2 Å². The standard InChI is InChI=1S/C38H45N3O8S/c42-32(16-8-7-15-28-34-27(23-50-28)39-36(45)40-34)46-22-33(43)47-24-48-38(25-11-3-1-4-12-25,26-13-5-2-6-14-26)35(44)49-31-21-30-37(31)18-17-29(37)41(30)19-9-10-20-41/h1-6,11-14,27-31,34H,7-10,15-24H2,(H-,39,40,45)/p+1/t27-,28-,29?,30?,31?,34-,37?/m0/s1. The summed E-state index contributed by atoms with van der Waals surface area (Å²) in [6.07, 6.45) is 8.07. The van der Waals surface area contributed by atoms with Gasteiger partial charge in [0.15, 0.2) is 13.4 Å². The van der Waals surface area contributed by atoms with E-state index in [0.29, 0.717) is 34.9 Å². The van der Waals surface area contributed by atoms with E-state index in [2.05, 4.69) is 10.6 Å². The number of carbonyl (C=O) groups is 4. The van der Waals surface area contributed by atoms with Crippen LogP contribution in [0.15, 0.2) is 60.7 Å². The Morgan fingerprint density at radius 2 is 1.62 bits per heavy atom. The molecule has 6 fully saturated rings. The summed E-state index contributed by atoms with van der Waals surface area (Å²) >= 11 is 1.84. The Balaban J connectivity index is 0.867. The topological polar surface area (TPSA) is 129 Å². The van der Waals surface area contributed by atoms with E-state index >= 15 is 0 Å². The van der Waals surface area contributed by atoms with Gasteiger partial charge in [-0.25, -0.2) is 14.4 Å². The minimum absolute atomic E-state index is 0.0824. The van der Waals surface area contributed by atoms with Gasteiger partial charge in [-0.2, -0.15) is 11.8 Å². The first kappa shape index (κ1) is 33.5. The van der Waals surface area contributed by atoms with E-state index in [1.807, 2.05) is 72.4 Å². The molecule has 2 aromatic carbocycles. The maximum Gasteiger partial charge on any atom is 0.348 e. The number of piperidine rings is 2. The summed E-state index contributed by atoms with van der Waals surface area (Å²) < 4.78 is 24.6. The van der Waals surface area contributed by atoms with Crippen molar-refractivity contribution in [2.45, 2.75) is 98.9 Å². The average Bonchev–Trinajstić information content (AvgIpc) is 3.83. The molecule has 2 N–H and O–H groups in total. The molecule has 6 aliphatic rings. The molecule has 0 radical (unpaired) electrons. The van der Waals surface area contributed by atoms with Crippen LogP contribution < -0.4 is 10.6 Å². The van der Waals surface area contributed by atoms with E-state index < -0.39 is 36.9 Å². The number of quaternary nitrogens is 1. The van der Waals surface area contributed by atoms with Gasteiger partial charge in [0.25, 0.3) is 0 Å². The van der Waals surface area contributed by atoms with Crippen LogP contribution in [0, 0.1) is 5.41 Å². The SMILES string of the molecule is O=C1N[C@H]2[C@H](CS[C@H]2CCCCC(=O)OCC(=O)OCOC(C(=O)OC2CC3C24CCC4[N+]32CCCC2)(c2ccccc2)c2ccccc2)N1. The predicted octanol–water partition coefficient (Wildman–Crippen LogP) is 4.17. The minimum atomic E-state index is -1.67. The van der Waals surface area contributed by atoms with E-state index in [4.69, 9.17) is 18.9 Å². The quantitative estimate of drug-likeness (QED) is 0.0744. The van der Waals surface area contributed by atoms with Crippen LogP contribution >= 0.6 is 11.8 Å². The van der Waals surface area contributed by atoms with Crippen molar-refractivity contribution in [3.8, 4) is 0 Å². The third-order valence-electron chi connectivity index (χ3n) is 12.6. The molecule has 2 saturated carbocycles. The fourth-order valence-electron chi connectivity index (χ4n) is 10.2. The Morgan fingerprint density at radius 1 is 0.900 bits per heavy atom. The van der Waals surface area contributed by atoms with Crippen molar-refractivity contribution < 1.29 is 42.6 Å². The molecular formula is C38H46N3O8S+. The molecule has 4 saturated heterocycles. The Bertz CT molecular complexity index is 1550. The lowest BCUT2D eigenvalue weighted by Gasteiger charge is -2.80. The largest absolute Gasteiger partial charge is 0.458 e. The molecule has 0 aromatic heterocycles. The molecule has 7 atom stereocenters. The second kappa shape index (κ2) is 13.5. The number of thioether (sulfide) groups is 1. The predicted molar refractivity (Wildman–Crippen MR) is 184 cm³/mol. The number of unbranched alkanes of at least 4 members (excludes halogenated alkanes) is 1. The number of hydrogen-bond acceptors (Lipinski definition) is 9. The van der Waals surface area contributed by atoms with Gasteiger partial charge in [0.05, 0.1) is 25.2 Å². The molecule has 2 aromatic rings. The molecule has 2 aliphatic carbocycles. The maximum atomic E-state index is 14.5. The number of urea groups is 1. The van der Waals surface area contributed by atoms with Crippen LogP contribution in [0.3, 0.4) is 0 Å². The molecule has 8 rings (SSSR count). The van der Waals surface area contributed by atoms with Crippen molar-refractivity contribution in [3.63, 3.8) is 0 Å². The first-order valence-corrected chi connectivity index (χ1v) is 19.2. The van der Waals surface area contributed by atoms with Gasteiger partial charge in [-0.05, 0) is 30.4 Å². The number of benzene rings is 2. The normalized spacial score (nSPS) is 31.1. The number of hydrogen-bond donors (Lipinski definition) is 2. The highest BCUT2D eigenvalue weighted by molar-refractivity contribution is 8.00. The Labute approximate surface area is 296 Å². The number of fused-ring (bicyclic) bond motifs is 3. The molecule has 2 spiro atoms. The number of carbonyl (C=O) groups excluding carboxylic acids is 4. The zero-order valence-corrected chi connectivity index (χ0v) is 29.1. The monoisotopic (exact) mass is 704 g/mol. The number of esters is 3. The van der Waals surface area contributed by atoms with Crippen molar-refractivity contribution in [3.05, 3.63) is 71.8 Å². The van der Waals surface area contributed by atoms with Crippen molar-refractivity contribution in [1.29, 1.82) is 0 Å². The van der Waals surface area contributed by atoms with Crippen molar-refractivity contribution in [2.75, 3.05) is 32.2 Å². The van der Waals surface area contributed by atoms with E-state index in [1.54, 1.807) is 0 Å². The first-order chi connectivity index (χ1) is 24.4. The second-order valence-corrected chi connectivity index (χ2v) is 16.1.